The second kappa shape index (κ2) is 5.66. The Morgan fingerprint density at radius 1 is 1.35 bits per heavy atom. The van der Waals surface area contributed by atoms with Crippen molar-refractivity contribution in [3.05, 3.63) is 24.0 Å². The standard InChI is InChI=1S/C13H21N3O/c1-9(2)10(3)15-11-6-7-14-12(8-11)13(17)16(4)5/h6-10H,1-5H3,(H,14,15). The lowest BCUT2D eigenvalue weighted by atomic mass is 10.1. The van der Waals surface area contributed by atoms with Crippen molar-refractivity contribution in [2.45, 2.75) is 26.8 Å². The Balaban J connectivity index is 2.83. The minimum absolute atomic E-state index is 0.0779. The van der Waals surface area contributed by atoms with E-state index in [9.17, 15) is 4.79 Å². The Labute approximate surface area is 103 Å². The Morgan fingerprint density at radius 2 is 2.00 bits per heavy atom. The molecule has 94 valence electrons. The molecule has 0 saturated heterocycles. The van der Waals surface area contributed by atoms with Crippen LogP contribution in [-0.4, -0.2) is 35.9 Å². The highest BCUT2D eigenvalue weighted by atomic mass is 16.2. The molecule has 0 spiro atoms. The molecular formula is C13H21N3O. The number of rotatable bonds is 4. The van der Waals surface area contributed by atoms with E-state index >= 15 is 0 Å². The fraction of sp³-hybridized carbons (Fsp3) is 0.538. The summed E-state index contributed by atoms with van der Waals surface area (Å²) in [4.78, 5) is 17.4. The molecule has 1 aromatic heterocycles. The number of carbonyl (C=O) groups excluding carboxylic acids is 1. The van der Waals surface area contributed by atoms with Crippen LogP contribution >= 0.6 is 0 Å². The van der Waals surface area contributed by atoms with E-state index in [1.807, 2.05) is 6.07 Å². The molecule has 1 amide bonds. The van der Waals surface area contributed by atoms with E-state index < -0.39 is 0 Å². The molecule has 1 unspecified atom stereocenters. The molecule has 0 fully saturated rings. The van der Waals surface area contributed by atoms with Crippen LogP contribution in [0.3, 0.4) is 0 Å². The molecule has 1 atom stereocenters. The van der Waals surface area contributed by atoms with Crippen LogP contribution in [0.25, 0.3) is 0 Å². The van der Waals surface area contributed by atoms with Gasteiger partial charge in [0.1, 0.15) is 5.69 Å². The van der Waals surface area contributed by atoms with Crippen molar-refractivity contribution in [1.29, 1.82) is 0 Å². The minimum Gasteiger partial charge on any atom is -0.382 e. The van der Waals surface area contributed by atoms with Crippen molar-refractivity contribution in [3.8, 4) is 0 Å². The van der Waals surface area contributed by atoms with Gasteiger partial charge < -0.3 is 10.2 Å². The monoisotopic (exact) mass is 235 g/mol. The molecule has 4 nitrogen and oxygen atoms in total. The molecule has 0 aromatic carbocycles. The van der Waals surface area contributed by atoms with Crippen molar-refractivity contribution in [3.63, 3.8) is 0 Å². The summed E-state index contributed by atoms with van der Waals surface area (Å²) in [6.45, 7) is 6.44. The van der Waals surface area contributed by atoms with Crippen LogP contribution in [-0.2, 0) is 0 Å². The molecule has 0 radical (unpaired) electrons. The van der Waals surface area contributed by atoms with E-state index in [1.165, 1.54) is 4.90 Å². The quantitative estimate of drug-likeness (QED) is 0.870. The van der Waals surface area contributed by atoms with Crippen LogP contribution in [0, 0.1) is 5.92 Å². The largest absolute Gasteiger partial charge is 0.382 e. The lowest BCUT2D eigenvalue weighted by Crippen LogP contribution is -2.24. The summed E-state index contributed by atoms with van der Waals surface area (Å²) in [5.74, 6) is 0.460. The van der Waals surface area contributed by atoms with E-state index in [-0.39, 0.29) is 5.91 Å². The molecule has 1 rings (SSSR count). The average molecular weight is 235 g/mol. The second-order valence-electron chi connectivity index (χ2n) is 4.81. The lowest BCUT2D eigenvalue weighted by Gasteiger charge is -2.19. The zero-order chi connectivity index (χ0) is 13.0. The van der Waals surface area contributed by atoms with Gasteiger partial charge >= 0.3 is 0 Å². The molecule has 1 heterocycles. The summed E-state index contributed by atoms with van der Waals surface area (Å²) in [5, 5.41) is 3.36. The summed E-state index contributed by atoms with van der Waals surface area (Å²) < 4.78 is 0. The van der Waals surface area contributed by atoms with Gasteiger partial charge in [0.05, 0.1) is 0 Å². The highest BCUT2D eigenvalue weighted by Crippen LogP contribution is 2.13. The zero-order valence-electron chi connectivity index (χ0n) is 11.2. The summed E-state index contributed by atoms with van der Waals surface area (Å²) in [7, 11) is 3.45. The second-order valence-corrected chi connectivity index (χ2v) is 4.81. The first-order chi connectivity index (χ1) is 7.91. The van der Waals surface area contributed by atoms with Gasteiger partial charge in [0, 0.05) is 32.0 Å². The van der Waals surface area contributed by atoms with Crippen molar-refractivity contribution in [2.75, 3.05) is 19.4 Å². The van der Waals surface area contributed by atoms with Crippen LogP contribution < -0.4 is 5.32 Å². The van der Waals surface area contributed by atoms with Gasteiger partial charge in [-0.05, 0) is 25.0 Å². The first-order valence-electron chi connectivity index (χ1n) is 5.86. The van der Waals surface area contributed by atoms with Gasteiger partial charge in [0.15, 0.2) is 0 Å². The fourth-order valence-corrected chi connectivity index (χ4v) is 1.30. The zero-order valence-corrected chi connectivity index (χ0v) is 11.2. The molecule has 4 heteroatoms. The summed E-state index contributed by atoms with van der Waals surface area (Å²) in [6.07, 6.45) is 1.66. The third-order valence-corrected chi connectivity index (χ3v) is 2.78. The summed E-state index contributed by atoms with van der Waals surface area (Å²) >= 11 is 0. The van der Waals surface area contributed by atoms with Crippen LogP contribution in [0.1, 0.15) is 31.3 Å². The number of anilines is 1. The predicted octanol–water partition coefficient (Wildman–Crippen LogP) is 2.24. The average Bonchev–Trinajstić information content (AvgIpc) is 2.28. The first kappa shape index (κ1) is 13.5. The van der Waals surface area contributed by atoms with Gasteiger partial charge in [-0.3, -0.25) is 9.78 Å². The maximum absolute atomic E-state index is 11.8. The van der Waals surface area contributed by atoms with E-state index in [0.29, 0.717) is 17.7 Å². The predicted molar refractivity (Wildman–Crippen MR) is 70.2 cm³/mol. The molecule has 17 heavy (non-hydrogen) atoms. The highest BCUT2D eigenvalue weighted by Gasteiger charge is 2.11. The lowest BCUT2D eigenvalue weighted by molar-refractivity contribution is 0.0822. The third-order valence-electron chi connectivity index (χ3n) is 2.78. The molecule has 0 aliphatic carbocycles. The molecule has 1 aromatic rings. The van der Waals surface area contributed by atoms with Gasteiger partial charge in [-0.1, -0.05) is 13.8 Å². The van der Waals surface area contributed by atoms with Crippen molar-refractivity contribution < 1.29 is 4.79 Å². The van der Waals surface area contributed by atoms with Gasteiger partial charge in [-0.25, -0.2) is 0 Å². The first-order valence-corrected chi connectivity index (χ1v) is 5.86. The molecular weight excluding hydrogens is 214 g/mol. The molecule has 0 aliphatic heterocycles. The molecule has 0 bridgehead atoms. The Hall–Kier alpha value is -1.58. The van der Waals surface area contributed by atoms with E-state index in [4.69, 9.17) is 0 Å². The van der Waals surface area contributed by atoms with Gasteiger partial charge in [-0.15, -0.1) is 0 Å². The maximum atomic E-state index is 11.8. The summed E-state index contributed by atoms with van der Waals surface area (Å²) in [5.41, 5.74) is 1.40. The Kier molecular flexibility index (Phi) is 4.49. The van der Waals surface area contributed by atoms with Crippen LogP contribution in [0.5, 0.6) is 0 Å². The number of nitrogens with zero attached hydrogens (tertiary/aromatic N) is 2. The van der Waals surface area contributed by atoms with Crippen molar-refractivity contribution in [2.24, 2.45) is 5.92 Å². The number of amides is 1. The van der Waals surface area contributed by atoms with Crippen LogP contribution in [0.15, 0.2) is 18.3 Å². The number of aromatic nitrogens is 1. The fourth-order valence-electron chi connectivity index (χ4n) is 1.30. The number of pyridine rings is 1. The maximum Gasteiger partial charge on any atom is 0.272 e. The Bertz CT molecular complexity index is 388. The highest BCUT2D eigenvalue weighted by molar-refractivity contribution is 5.92. The Morgan fingerprint density at radius 3 is 2.53 bits per heavy atom. The normalized spacial score (nSPS) is 12.4. The van der Waals surface area contributed by atoms with Gasteiger partial charge in [-0.2, -0.15) is 0 Å². The SMILES string of the molecule is CC(C)C(C)Nc1ccnc(C(=O)N(C)C)c1. The van der Waals surface area contributed by atoms with Crippen LogP contribution in [0.2, 0.25) is 0 Å². The van der Waals surface area contributed by atoms with Gasteiger partial charge in [0.25, 0.3) is 5.91 Å². The number of hydrogen-bond donors (Lipinski definition) is 1. The minimum atomic E-state index is -0.0779. The van der Waals surface area contributed by atoms with Gasteiger partial charge in [0.2, 0.25) is 0 Å². The van der Waals surface area contributed by atoms with E-state index in [2.05, 4.69) is 31.1 Å². The molecule has 0 saturated carbocycles. The van der Waals surface area contributed by atoms with E-state index in [0.717, 1.165) is 5.69 Å². The molecule has 0 aliphatic rings. The molecule has 1 N–H and O–H groups in total. The topological polar surface area (TPSA) is 45.2 Å². The van der Waals surface area contributed by atoms with E-state index in [1.54, 1.807) is 26.4 Å². The third kappa shape index (κ3) is 3.73. The number of nitrogens with one attached hydrogen (secondary N) is 1. The summed E-state index contributed by atoms with van der Waals surface area (Å²) in [6, 6.07) is 4.03. The van der Waals surface area contributed by atoms with Crippen molar-refractivity contribution in [1.82, 2.24) is 9.88 Å². The smallest absolute Gasteiger partial charge is 0.272 e. The van der Waals surface area contributed by atoms with Crippen LogP contribution in [0.4, 0.5) is 5.69 Å². The van der Waals surface area contributed by atoms with Crippen molar-refractivity contribution >= 4 is 11.6 Å². The number of carbonyl (C=O) groups is 1. The number of hydrogen-bond acceptors (Lipinski definition) is 3.